The molecule has 0 saturated carbocycles. The van der Waals surface area contributed by atoms with Gasteiger partial charge in [-0.15, -0.1) is 0 Å². The van der Waals surface area contributed by atoms with Crippen molar-refractivity contribution in [3.8, 4) is 0 Å². The summed E-state index contributed by atoms with van der Waals surface area (Å²) in [7, 11) is 0. The van der Waals surface area contributed by atoms with Crippen molar-refractivity contribution in [2.24, 2.45) is 5.92 Å². The van der Waals surface area contributed by atoms with E-state index in [4.69, 9.17) is 0 Å². The Labute approximate surface area is 56.4 Å². The van der Waals surface area contributed by atoms with E-state index in [9.17, 15) is 5.11 Å². The predicted molar refractivity (Wildman–Crippen MR) is 38.2 cm³/mol. The van der Waals surface area contributed by atoms with Gasteiger partial charge in [-0.05, 0) is 25.7 Å². The Hall–Kier alpha value is -0.300. The molecule has 1 aliphatic rings. The third-order valence-corrected chi connectivity index (χ3v) is 1.78. The Morgan fingerprint density at radius 3 is 2.67 bits per heavy atom. The monoisotopic (exact) mass is 126 g/mol. The molecular formula is C8H14O. The largest absolute Gasteiger partial charge is 0.390 e. The summed E-state index contributed by atoms with van der Waals surface area (Å²) in [5.74, 6) is 0.550. The van der Waals surface area contributed by atoms with Crippen LogP contribution in [-0.2, 0) is 0 Å². The zero-order valence-corrected chi connectivity index (χ0v) is 6.09. The van der Waals surface area contributed by atoms with E-state index in [1.165, 1.54) is 0 Å². The molecule has 0 heterocycles. The van der Waals surface area contributed by atoms with E-state index in [1.54, 1.807) is 0 Å². The van der Waals surface area contributed by atoms with Gasteiger partial charge in [0.1, 0.15) is 0 Å². The Bertz CT molecular complexity index is 125. The molecule has 2 unspecified atom stereocenters. The van der Waals surface area contributed by atoms with Crippen molar-refractivity contribution in [1.29, 1.82) is 0 Å². The van der Waals surface area contributed by atoms with Crippen molar-refractivity contribution in [2.45, 2.75) is 32.3 Å². The lowest BCUT2D eigenvalue weighted by molar-refractivity contribution is 0.0394. The van der Waals surface area contributed by atoms with E-state index in [0.29, 0.717) is 5.92 Å². The standard InChI is InChI=1S/C8H14O/c1-7-4-3-5-8(2,9)6-7/h3-4,7,9H,5-6H2,1-2H3. The summed E-state index contributed by atoms with van der Waals surface area (Å²) in [5.41, 5.74) is -0.436. The van der Waals surface area contributed by atoms with Gasteiger partial charge in [-0.1, -0.05) is 19.1 Å². The molecule has 9 heavy (non-hydrogen) atoms. The second-order valence-corrected chi connectivity index (χ2v) is 3.31. The molecule has 0 aliphatic heterocycles. The summed E-state index contributed by atoms with van der Waals surface area (Å²) in [6.45, 7) is 4.02. The summed E-state index contributed by atoms with van der Waals surface area (Å²) < 4.78 is 0. The first-order valence-electron chi connectivity index (χ1n) is 3.49. The van der Waals surface area contributed by atoms with Crippen LogP contribution in [0, 0.1) is 5.92 Å². The van der Waals surface area contributed by atoms with Crippen LogP contribution in [0.2, 0.25) is 0 Å². The lowest BCUT2D eigenvalue weighted by atomic mass is 9.85. The molecule has 1 N–H and O–H groups in total. The summed E-state index contributed by atoms with van der Waals surface area (Å²) >= 11 is 0. The molecule has 1 aliphatic carbocycles. The highest BCUT2D eigenvalue weighted by Gasteiger charge is 2.23. The molecule has 0 spiro atoms. The molecule has 52 valence electrons. The summed E-state index contributed by atoms with van der Waals surface area (Å²) in [6, 6.07) is 0. The number of allylic oxidation sites excluding steroid dienone is 1. The first kappa shape index (κ1) is 6.81. The Kier molecular flexibility index (Phi) is 1.62. The van der Waals surface area contributed by atoms with Gasteiger partial charge in [0.25, 0.3) is 0 Å². The van der Waals surface area contributed by atoms with Crippen LogP contribution in [0.4, 0.5) is 0 Å². The van der Waals surface area contributed by atoms with Crippen LogP contribution in [0.25, 0.3) is 0 Å². The smallest absolute Gasteiger partial charge is 0.0659 e. The van der Waals surface area contributed by atoms with E-state index < -0.39 is 5.60 Å². The number of hydrogen-bond donors (Lipinski definition) is 1. The molecule has 0 aromatic carbocycles. The van der Waals surface area contributed by atoms with E-state index in [-0.39, 0.29) is 0 Å². The zero-order valence-electron chi connectivity index (χ0n) is 6.09. The molecule has 1 heteroatoms. The minimum atomic E-state index is -0.436. The fourth-order valence-electron chi connectivity index (χ4n) is 1.40. The van der Waals surface area contributed by atoms with Crippen molar-refractivity contribution < 1.29 is 5.11 Å². The van der Waals surface area contributed by atoms with Gasteiger partial charge in [0.05, 0.1) is 5.60 Å². The van der Waals surface area contributed by atoms with Crippen molar-refractivity contribution >= 4 is 0 Å². The quantitative estimate of drug-likeness (QED) is 0.490. The van der Waals surface area contributed by atoms with Gasteiger partial charge in [0.2, 0.25) is 0 Å². The minimum Gasteiger partial charge on any atom is -0.390 e. The molecular weight excluding hydrogens is 112 g/mol. The fourth-order valence-corrected chi connectivity index (χ4v) is 1.40. The maximum absolute atomic E-state index is 9.49. The third-order valence-electron chi connectivity index (χ3n) is 1.78. The summed E-state index contributed by atoms with van der Waals surface area (Å²) in [5, 5.41) is 9.49. The van der Waals surface area contributed by atoms with Crippen molar-refractivity contribution in [2.75, 3.05) is 0 Å². The second-order valence-electron chi connectivity index (χ2n) is 3.31. The predicted octanol–water partition coefficient (Wildman–Crippen LogP) is 1.72. The van der Waals surface area contributed by atoms with Crippen molar-refractivity contribution in [3.63, 3.8) is 0 Å². The van der Waals surface area contributed by atoms with Gasteiger partial charge in [0, 0.05) is 0 Å². The van der Waals surface area contributed by atoms with Crippen LogP contribution in [0.15, 0.2) is 12.2 Å². The lowest BCUT2D eigenvalue weighted by Gasteiger charge is -2.27. The maximum atomic E-state index is 9.49. The first-order valence-corrected chi connectivity index (χ1v) is 3.49. The Morgan fingerprint density at radius 2 is 2.33 bits per heavy atom. The van der Waals surface area contributed by atoms with Gasteiger partial charge < -0.3 is 5.11 Å². The molecule has 0 fully saturated rings. The van der Waals surface area contributed by atoms with E-state index >= 15 is 0 Å². The second kappa shape index (κ2) is 2.14. The average Bonchev–Trinajstić information content (AvgIpc) is 1.60. The molecule has 0 aromatic rings. The summed E-state index contributed by atoms with van der Waals surface area (Å²) in [6.07, 6.45) is 5.95. The van der Waals surface area contributed by atoms with Crippen LogP contribution in [0.5, 0.6) is 0 Å². The number of hydrogen-bond acceptors (Lipinski definition) is 1. The van der Waals surface area contributed by atoms with E-state index in [1.807, 2.05) is 6.92 Å². The molecule has 1 rings (SSSR count). The van der Waals surface area contributed by atoms with E-state index in [0.717, 1.165) is 12.8 Å². The SMILES string of the molecule is CC1C=CCC(C)(O)C1. The van der Waals surface area contributed by atoms with Crippen LogP contribution in [0.1, 0.15) is 26.7 Å². The fraction of sp³-hybridized carbons (Fsp3) is 0.750. The molecule has 1 nitrogen and oxygen atoms in total. The van der Waals surface area contributed by atoms with Gasteiger partial charge in [-0.3, -0.25) is 0 Å². The van der Waals surface area contributed by atoms with Crippen LogP contribution < -0.4 is 0 Å². The first-order chi connectivity index (χ1) is 4.10. The van der Waals surface area contributed by atoms with Crippen LogP contribution >= 0.6 is 0 Å². The molecule has 0 aromatic heterocycles. The van der Waals surface area contributed by atoms with Gasteiger partial charge in [-0.25, -0.2) is 0 Å². The number of rotatable bonds is 0. The molecule has 0 bridgehead atoms. The zero-order chi connectivity index (χ0) is 6.91. The normalized spacial score (nSPS) is 43.2. The topological polar surface area (TPSA) is 20.2 Å². The maximum Gasteiger partial charge on any atom is 0.0659 e. The van der Waals surface area contributed by atoms with Gasteiger partial charge in [0.15, 0.2) is 0 Å². The average molecular weight is 126 g/mol. The number of aliphatic hydroxyl groups is 1. The van der Waals surface area contributed by atoms with Crippen LogP contribution in [-0.4, -0.2) is 10.7 Å². The highest BCUT2D eigenvalue weighted by atomic mass is 16.3. The van der Waals surface area contributed by atoms with Crippen LogP contribution in [0.3, 0.4) is 0 Å². The van der Waals surface area contributed by atoms with Crippen molar-refractivity contribution in [1.82, 2.24) is 0 Å². The third kappa shape index (κ3) is 1.83. The van der Waals surface area contributed by atoms with Gasteiger partial charge in [-0.2, -0.15) is 0 Å². The highest BCUT2D eigenvalue weighted by Crippen LogP contribution is 2.25. The summed E-state index contributed by atoms with van der Waals surface area (Å²) in [4.78, 5) is 0. The van der Waals surface area contributed by atoms with E-state index in [2.05, 4.69) is 19.1 Å². The molecule has 2 atom stereocenters. The lowest BCUT2D eigenvalue weighted by Crippen LogP contribution is -2.27. The van der Waals surface area contributed by atoms with Crippen molar-refractivity contribution in [3.05, 3.63) is 12.2 Å². The molecule has 0 amide bonds. The highest BCUT2D eigenvalue weighted by molar-refractivity contribution is 4.99. The Balaban J connectivity index is 2.58. The molecule has 0 radical (unpaired) electrons. The minimum absolute atomic E-state index is 0.436. The van der Waals surface area contributed by atoms with Gasteiger partial charge >= 0.3 is 0 Å². The Morgan fingerprint density at radius 1 is 1.67 bits per heavy atom. The molecule has 0 saturated heterocycles.